The Hall–Kier alpha value is -3.09. The second kappa shape index (κ2) is 20.8. The number of rotatable bonds is 13. The topological polar surface area (TPSA) is 255 Å². The Balaban J connectivity index is 0.000000566. The molecule has 0 saturated heterocycles. The van der Waals surface area contributed by atoms with Crippen molar-refractivity contribution in [1.82, 2.24) is 31.5 Å². The van der Waals surface area contributed by atoms with Crippen LogP contribution >= 0.6 is 0 Å². The molecule has 0 spiro atoms. The van der Waals surface area contributed by atoms with Gasteiger partial charge in [0.25, 0.3) is 21.9 Å². The van der Waals surface area contributed by atoms with E-state index in [2.05, 4.69) is 20.6 Å². The Morgan fingerprint density at radius 2 is 1.33 bits per heavy atom. The number of aromatic nitrogens is 2. The molecule has 11 N–H and O–H groups in total. The minimum Gasteiger partial charge on any atom is -0.395 e. The smallest absolute Gasteiger partial charge is 0.270 e. The number of nitrogens with two attached hydrogens (primary N) is 2. The van der Waals surface area contributed by atoms with Crippen molar-refractivity contribution in [3.63, 3.8) is 0 Å². The van der Waals surface area contributed by atoms with Gasteiger partial charge in [-0.25, -0.2) is 11.7 Å². The number of nitrogen functional groups attached to an aromatic ring is 2. The van der Waals surface area contributed by atoms with E-state index in [1.165, 1.54) is 30.7 Å². The average molecular weight is 573 g/mol. The lowest BCUT2D eigenvalue weighted by Crippen LogP contribution is -2.40. The van der Waals surface area contributed by atoms with Gasteiger partial charge in [-0.05, 0) is 37.1 Å². The normalized spacial score (nSPS) is 12.1. The number of hydrogen-bond acceptors (Lipinski definition) is 12. The van der Waals surface area contributed by atoms with Crippen molar-refractivity contribution in [2.75, 3.05) is 26.3 Å². The molecule has 0 aliphatic heterocycles. The highest BCUT2D eigenvalue weighted by molar-refractivity contribution is 7.85. The van der Waals surface area contributed by atoms with Crippen molar-refractivity contribution >= 4 is 21.9 Å². The number of carbonyl (C=O) groups excluding carboxylic acids is 2. The van der Waals surface area contributed by atoms with E-state index in [0.29, 0.717) is 5.56 Å². The summed E-state index contributed by atoms with van der Waals surface area (Å²) in [7, 11) is -4.15. The number of hydrazine groups is 2. The zero-order valence-electron chi connectivity index (χ0n) is 22.1. The molecule has 0 aliphatic carbocycles. The maximum Gasteiger partial charge on any atom is 0.270 e. The molecule has 15 nitrogen and oxygen atoms in total. The van der Waals surface area contributed by atoms with Crippen LogP contribution in [0.15, 0.2) is 42.9 Å². The standard InChI is InChI=1S/C10H24N2O2.C7H9N3O4S.C6H7N3O/c1-3-9(7-13)11-5-6-12-10(4-2)8-14;8-10-7(11)5-1-2-9-6(3-5)4-15(12,13)14;7-9-6(10)5-1-3-8-4-2-5/h9-14H,3-8H2,1-2H3;1-3H,4,8H2,(H,10,11)(H,12,13,14);1-4H,7H2,(H,9,10). The van der Waals surface area contributed by atoms with Gasteiger partial charge in [-0.2, -0.15) is 8.42 Å². The van der Waals surface area contributed by atoms with Gasteiger partial charge in [0, 0.05) is 54.9 Å². The summed E-state index contributed by atoms with van der Waals surface area (Å²) >= 11 is 0. The zero-order chi connectivity index (χ0) is 29.7. The van der Waals surface area contributed by atoms with Crippen LogP contribution in [-0.4, -0.2) is 83.4 Å². The lowest BCUT2D eigenvalue weighted by molar-refractivity contribution is 0.0945. The molecule has 2 aromatic heterocycles. The first-order valence-corrected chi connectivity index (χ1v) is 13.7. The Bertz CT molecular complexity index is 1040. The molecule has 0 saturated carbocycles. The van der Waals surface area contributed by atoms with Crippen molar-refractivity contribution < 1.29 is 32.8 Å². The van der Waals surface area contributed by atoms with Crippen LogP contribution in [0.5, 0.6) is 0 Å². The molecule has 0 radical (unpaired) electrons. The van der Waals surface area contributed by atoms with Crippen LogP contribution in [0.3, 0.4) is 0 Å². The molecule has 2 unspecified atom stereocenters. The molecule has 0 bridgehead atoms. The molecular weight excluding hydrogens is 532 g/mol. The van der Waals surface area contributed by atoms with Gasteiger partial charge < -0.3 is 20.8 Å². The van der Waals surface area contributed by atoms with Gasteiger partial charge in [-0.1, -0.05) is 13.8 Å². The Kier molecular flexibility index (Phi) is 19.2. The first-order valence-electron chi connectivity index (χ1n) is 12.0. The summed E-state index contributed by atoms with van der Waals surface area (Å²) in [6, 6.07) is 6.17. The van der Waals surface area contributed by atoms with Gasteiger partial charge in [0.1, 0.15) is 5.75 Å². The average Bonchev–Trinajstić information content (AvgIpc) is 2.94. The van der Waals surface area contributed by atoms with E-state index in [-0.39, 0.29) is 42.5 Å². The SMILES string of the molecule is CCC(CO)NCCNC(CC)CO.NNC(=O)c1ccnc(CS(=O)(=O)O)c1.NNC(=O)c1ccncc1. The molecule has 2 aromatic rings. The number of nitrogens with zero attached hydrogens (tertiary/aromatic N) is 2. The molecule has 2 heterocycles. The van der Waals surface area contributed by atoms with E-state index in [1.807, 2.05) is 24.7 Å². The summed E-state index contributed by atoms with van der Waals surface area (Å²) < 4.78 is 29.6. The van der Waals surface area contributed by atoms with Crippen molar-refractivity contribution in [2.24, 2.45) is 11.7 Å². The molecule has 0 fully saturated rings. The van der Waals surface area contributed by atoms with Crippen LogP contribution in [0.25, 0.3) is 0 Å². The second-order valence-corrected chi connectivity index (χ2v) is 9.38. The number of aliphatic hydroxyl groups excluding tert-OH is 2. The van der Waals surface area contributed by atoms with Gasteiger partial charge in [0.15, 0.2) is 0 Å². The number of hydrogen-bond donors (Lipinski definition) is 9. The lowest BCUT2D eigenvalue weighted by atomic mass is 10.2. The first kappa shape index (κ1) is 35.9. The minimum atomic E-state index is -4.15. The summed E-state index contributed by atoms with van der Waals surface area (Å²) in [6.07, 6.45) is 6.20. The molecule has 16 heteroatoms. The molecule has 2 amide bonds. The fraction of sp³-hybridized carbons (Fsp3) is 0.478. The number of pyridine rings is 2. The van der Waals surface area contributed by atoms with E-state index in [1.54, 1.807) is 12.1 Å². The summed E-state index contributed by atoms with van der Waals surface area (Å²) in [4.78, 5) is 29.2. The van der Waals surface area contributed by atoms with Crippen LogP contribution in [0.2, 0.25) is 0 Å². The summed E-state index contributed by atoms with van der Waals surface area (Å²) in [5.74, 6) is 8.27. The van der Waals surface area contributed by atoms with Gasteiger partial charge in [0.2, 0.25) is 0 Å². The van der Waals surface area contributed by atoms with Crippen molar-refractivity contribution in [3.8, 4) is 0 Å². The van der Waals surface area contributed by atoms with E-state index < -0.39 is 21.8 Å². The molecule has 2 atom stereocenters. The minimum absolute atomic E-state index is 0.0681. The molecule has 0 aliphatic rings. The van der Waals surface area contributed by atoms with E-state index in [4.69, 9.17) is 26.5 Å². The van der Waals surface area contributed by atoms with Crippen LogP contribution in [0.1, 0.15) is 53.1 Å². The van der Waals surface area contributed by atoms with Crippen LogP contribution in [0.4, 0.5) is 0 Å². The second-order valence-electron chi connectivity index (χ2n) is 7.93. The highest BCUT2D eigenvalue weighted by Crippen LogP contribution is 2.05. The number of nitrogens with one attached hydrogen (secondary N) is 4. The Labute approximate surface area is 228 Å². The van der Waals surface area contributed by atoms with Crippen LogP contribution < -0.4 is 33.2 Å². The van der Waals surface area contributed by atoms with Crippen molar-refractivity contribution in [3.05, 3.63) is 59.7 Å². The maximum atomic E-state index is 11.1. The molecule has 2 rings (SSSR count). The zero-order valence-corrected chi connectivity index (χ0v) is 22.9. The number of carbonyl (C=O) groups is 2. The quantitative estimate of drug-likeness (QED) is 0.0434. The highest BCUT2D eigenvalue weighted by Gasteiger charge is 2.10. The van der Waals surface area contributed by atoms with E-state index >= 15 is 0 Å². The largest absolute Gasteiger partial charge is 0.395 e. The van der Waals surface area contributed by atoms with Crippen LogP contribution in [-0.2, 0) is 15.9 Å². The summed E-state index contributed by atoms with van der Waals surface area (Å²) in [5, 5.41) is 24.3. The van der Waals surface area contributed by atoms with Crippen molar-refractivity contribution in [2.45, 2.75) is 44.5 Å². The maximum absolute atomic E-state index is 11.1. The highest BCUT2D eigenvalue weighted by atomic mass is 32.2. The van der Waals surface area contributed by atoms with Gasteiger partial charge in [-0.3, -0.25) is 35.0 Å². The Morgan fingerprint density at radius 3 is 1.74 bits per heavy atom. The van der Waals surface area contributed by atoms with Gasteiger partial charge in [-0.15, -0.1) is 0 Å². The van der Waals surface area contributed by atoms with E-state index in [9.17, 15) is 18.0 Å². The fourth-order valence-corrected chi connectivity index (χ4v) is 3.32. The molecule has 39 heavy (non-hydrogen) atoms. The monoisotopic (exact) mass is 572 g/mol. The van der Waals surface area contributed by atoms with Crippen molar-refractivity contribution in [1.29, 1.82) is 0 Å². The van der Waals surface area contributed by atoms with Crippen LogP contribution in [0, 0.1) is 0 Å². The molecular formula is C23H40N8O7S. The predicted octanol–water partition coefficient (Wildman–Crippen LogP) is -1.53. The molecule has 0 aromatic carbocycles. The lowest BCUT2D eigenvalue weighted by Gasteiger charge is -2.17. The fourth-order valence-electron chi connectivity index (χ4n) is 2.78. The third-order valence-electron chi connectivity index (χ3n) is 5.03. The number of amides is 2. The predicted molar refractivity (Wildman–Crippen MR) is 145 cm³/mol. The number of aliphatic hydroxyl groups is 2. The Morgan fingerprint density at radius 1 is 0.872 bits per heavy atom. The third kappa shape index (κ3) is 17.2. The van der Waals surface area contributed by atoms with Gasteiger partial charge in [0.05, 0.1) is 18.9 Å². The first-order chi connectivity index (χ1) is 18.5. The molecule has 220 valence electrons. The summed E-state index contributed by atoms with van der Waals surface area (Å²) in [6.45, 7) is 6.13. The third-order valence-corrected chi connectivity index (χ3v) is 5.69. The summed E-state index contributed by atoms with van der Waals surface area (Å²) in [5.41, 5.74) is 4.66. The van der Waals surface area contributed by atoms with Gasteiger partial charge >= 0.3 is 0 Å². The van der Waals surface area contributed by atoms with E-state index in [0.717, 1.165) is 25.9 Å².